The monoisotopic (exact) mass is 299 g/mol. The molecule has 1 N–H and O–H groups in total. The normalized spacial score (nSPS) is 12.9. The van der Waals surface area contributed by atoms with E-state index in [-0.39, 0.29) is 11.6 Å². The van der Waals surface area contributed by atoms with Gasteiger partial charge in [0.2, 0.25) is 0 Å². The first-order valence-electron chi connectivity index (χ1n) is 6.87. The summed E-state index contributed by atoms with van der Waals surface area (Å²) in [7, 11) is 2.01. The van der Waals surface area contributed by atoms with E-state index in [2.05, 4.69) is 33.2 Å². The van der Waals surface area contributed by atoms with Crippen LogP contribution in [0.4, 0.5) is 0 Å². The molecule has 0 saturated heterocycles. The van der Waals surface area contributed by atoms with Gasteiger partial charge in [0.25, 0.3) is 5.56 Å². The summed E-state index contributed by atoms with van der Waals surface area (Å²) in [4.78, 5) is 23.0. The van der Waals surface area contributed by atoms with Crippen LogP contribution in [-0.4, -0.2) is 21.9 Å². The molecule has 4 nitrogen and oxygen atoms in total. The maximum Gasteiger partial charge on any atom is 0.271 e. The average Bonchev–Trinajstić information content (AvgIpc) is 3.01. The Morgan fingerprint density at radius 3 is 2.86 bits per heavy atom. The number of H-pyrrole nitrogens is 1. The topological polar surface area (TPSA) is 49.0 Å². The van der Waals surface area contributed by atoms with Crippen LogP contribution in [-0.2, 0) is 6.54 Å². The van der Waals surface area contributed by atoms with Crippen LogP contribution in [0.5, 0.6) is 0 Å². The Hall–Kier alpha value is -1.98. The molecule has 1 atom stereocenters. The number of hydrogen-bond donors (Lipinski definition) is 1. The van der Waals surface area contributed by atoms with Crippen molar-refractivity contribution >= 4 is 22.4 Å². The second-order valence-electron chi connectivity index (χ2n) is 5.14. The molecule has 108 valence electrons. The molecule has 1 aromatic carbocycles. The van der Waals surface area contributed by atoms with Crippen LogP contribution < -0.4 is 5.56 Å². The summed E-state index contributed by atoms with van der Waals surface area (Å²) in [5.74, 6) is 0. The zero-order chi connectivity index (χ0) is 14.8. The summed E-state index contributed by atoms with van der Waals surface area (Å²) in [5, 5.41) is 2.07. The summed E-state index contributed by atoms with van der Waals surface area (Å²) in [5.41, 5.74) is 2.04. The van der Waals surface area contributed by atoms with Crippen molar-refractivity contribution in [3.8, 4) is 0 Å². The average molecular weight is 299 g/mol. The fourth-order valence-corrected chi connectivity index (χ4v) is 3.14. The number of aromatic nitrogens is 2. The Bertz CT molecular complexity index is 795. The summed E-state index contributed by atoms with van der Waals surface area (Å²) in [6.07, 6.45) is 0. The Morgan fingerprint density at radius 2 is 2.10 bits per heavy atom. The smallest absolute Gasteiger partial charge is 0.271 e. The Balaban J connectivity index is 1.87. The van der Waals surface area contributed by atoms with Gasteiger partial charge in [0, 0.05) is 17.5 Å². The van der Waals surface area contributed by atoms with E-state index in [1.807, 2.05) is 37.4 Å². The fraction of sp³-hybridized carbons (Fsp3) is 0.250. The van der Waals surface area contributed by atoms with E-state index in [1.165, 1.54) is 4.88 Å². The van der Waals surface area contributed by atoms with Crippen LogP contribution in [0, 0.1) is 0 Å². The molecule has 0 aliphatic carbocycles. The minimum Gasteiger partial charge on any atom is -0.319 e. The minimum atomic E-state index is -0.112. The van der Waals surface area contributed by atoms with Gasteiger partial charge in [-0.3, -0.25) is 9.69 Å². The first kappa shape index (κ1) is 14.0. The molecule has 0 saturated carbocycles. The lowest BCUT2D eigenvalue weighted by atomic mass is 10.2. The number of para-hydroxylation sites is 2. The zero-order valence-corrected chi connectivity index (χ0v) is 12.9. The lowest BCUT2D eigenvalue weighted by Crippen LogP contribution is -2.26. The van der Waals surface area contributed by atoms with Gasteiger partial charge in [-0.2, -0.15) is 0 Å². The summed E-state index contributed by atoms with van der Waals surface area (Å²) < 4.78 is 0. The van der Waals surface area contributed by atoms with E-state index in [0.29, 0.717) is 12.2 Å². The molecular formula is C16H17N3OS. The van der Waals surface area contributed by atoms with E-state index < -0.39 is 0 Å². The molecule has 5 heteroatoms. The molecule has 0 bridgehead atoms. The number of aromatic amines is 1. The lowest BCUT2D eigenvalue weighted by molar-refractivity contribution is 0.252. The van der Waals surface area contributed by atoms with Crippen molar-refractivity contribution in [2.24, 2.45) is 0 Å². The molecule has 0 spiro atoms. The van der Waals surface area contributed by atoms with Crippen molar-refractivity contribution in [1.29, 1.82) is 0 Å². The predicted octanol–water partition coefficient (Wildman–Crippen LogP) is 3.18. The number of rotatable bonds is 4. The van der Waals surface area contributed by atoms with Crippen LogP contribution in [0.2, 0.25) is 0 Å². The van der Waals surface area contributed by atoms with Crippen molar-refractivity contribution in [3.05, 3.63) is 62.7 Å². The SMILES string of the molecule is CC(c1cccs1)N(C)Cc1nc2ccccc2[nH]c1=O. The van der Waals surface area contributed by atoms with Crippen molar-refractivity contribution in [1.82, 2.24) is 14.9 Å². The molecule has 21 heavy (non-hydrogen) atoms. The number of benzene rings is 1. The Morgan fingerprint density at radius 1 is 1.29 bits per heavy atom. The van der Waals surface area contributed by atoms with Crippen LogP contribution >= 0.6 is 11.3 Å². The van der Waals surface area contributed by atoms with Crippen molar-refractivity contribution < 1.29 is 0 Å². The van der Waals surface area contributed by atoms with E-state index >= 15 is 0 Å². The van der Waals surface area contributed by atoms with Crippen molar-refractivity contribution in [2.45, 2.75) is 19.5 Å². The molecule has 3 aromatic rings. The highest BCUT2D eigenvalue weighted by molar-refractivity contribution is 7.10. The summed E-state index contributed by atoms with van der Waals surface area (Å²) >= 11 is 1.73. The molecular weight excluding hydrogens is 282 g/mol. The lowest BCUT2D eigenvalue weighted by Gasteiger charge is -2.23. The molecule has 0 aliphatic heterocycles. The third-order valence-electron chi connectivity index (χ3n) is 3.69. The molecule has 0 radical (unpaired) electrons. The fourth-order valence-electron chi connectivity index (χ4n) is 2.29. The van der Waals surface area contributed by atoms with E-state index in [0.717, 1.165) is 11.0 Å². The third kappa shape index (κ3) is 2.89. The third-order valence-corrected chi connectivity index (χ3v) is 4.73. The van der Waals surface area contributed by atoms with E-state index in [1.54, 1.807) is 11.3 Å². The second-order valence-corrected chi connectivity index (χ2v) is 6.12. The minimum absolute atomic E-state index is 0.112. The molecule has 2 heterocycles. The highest BCUT2D eigenvalue weighted by Crippen LogP contribution is 2.24. The Kier molecular flexibility index (Phi) is 3.86. The maximum absolute atomic E-state index is 12.1. The largest absolute Gasteiger partial charge is 0.319 e. The van der Waals surface area contributed by atoms with Crippen molar-refractivity contribution in [3.63, 3.8) is 0 Å². The van der Waals surface area contributed by atoms with Gasteiger partial charge in [-0.1, -0.05) is 18.2 Å². The maximum atomic E-state index is 12.1. The van der Waals surface area contributed by atoms with Gasteiger partial charge in [-0.15, -0.1) is 11.3 Å². The molecule has 0 fully saturated rings. The first-order valence-corrected chi connectivity index (χ1v) is 7.74. The molecule has 0 amide bonds. The summed E-state index contributed by atoms with van der Waals surface area (Å²) in [6.45, 7) is 2.67. The molecule has 1 unspecified atom stereocenters. The van der Waals surface area contributed by atoms with Gasteiger partial charge in [0.1, 0.15) is 5.69 Å². The van der Waals surface area contributed by atoms with Crippen LogP contribution in [0.1, 0.15) is 23.5 Å². The van der Waals surface area contributed by atoms with E-state index in [9.17, 15) is 4.79 Å². The zero-order valence-electron chi connectivity index (χ0n) is 12.0. The van der Waals surface area contributed by atoms with Crippen LogP contribution in [0.15, 0.2) is 46.6 Å². The molecule has 2 aromatic heterocycles. The number of fused-ring (bicyclic) bond motifs is 1. The van der Waals surface area contributed by atoms with Crippen LogP contribution in [0.25, 0.3) is 11.0 Å². The van der Waals surface area contributed by atoms with Gasteiger partial charge >= 0.3 is 0 Å². The number of nitrogens with zero attached hydrogens (tertiary/aromatic N) is 2. The number of thiophene rings is 1. The van der Waals surface area contributed by atoms with Gasteiger partial charge in [0.15, 0.2) is 0 Å². The van der Waals surface area contributed by atoms with Gasteiger partial charge in [-0.05, 0) is 37.6 Å². The van der Waals surface area contributed by atoms with Crippen LogP contribution in [0.3, 0.4) is 0 Å². The predicted molar refractivity (Wildman–Crippen MR) is 86.6 cm³/mol. The van der Waals surface area contributed by atoms with Gasteiger partial charge in [0.05, 0.1) is 11.0 Å². The van der Waals surface area contributed by atoms with Crippen molar-refractivity contribution in [2.75, 3.05) is 7.05 Å². The highest BCUT2D eigenvalue weighted by atomic mass is 32.1. The molecule has 0 aliphatic rings. The van der Waals surface area contributed by atoms with E-state index in [4.69, 9.17) is 0 Å². The standard InChI is InChI=1S/C16H17N3OS/c1-11(15-8-5-9-21-15)19(2)10-14-16(20)18-13-7-4-3-6-12(13)17-14/h3-9,11H,10H2,1-2H3,(H,18,20). The number of hydrogen-bond acceptors (Lipinski definition) is 4. The quantitative estimate of drug-likeness (QED) is 0.805. The van der Waals surface area contributed by atoms with Gasteiger partial charge in [-0.25, -0.2) is 4.98 Å². The van der Waals surface area contributed by atoms with Gasteiger partial charge < -0.3 is 4.98 Å². The second kappa shape index (κ2) is 5.79. The summed E-state index contributed by atoms with van der Waals surface area (Å²) in [6, 6.07) is 12.0. The molecule has 3 rings (SSSR count). The number of nitrogens with one attached hydrogen (secondary N) is 1. The first-order chi connectivity index (χ1) is 10.1. The highest BCUT2D eigenvalue weighted by Gasteiger charge is 2.15. The Labute approximate surface area is 127 Å².